The Morgan fingerprint density at radius 3 is 2.43 bits per heavy atom. The standard InChI is InChI=1S/C23H21ClF5NO4S/c24-15-4-2-14(3-5-15)12-22-9-1-10-30(19(31)8-11-35(32,33)23(27,28)29)18(22)13-34-21-17(26)7-6-16(25)20(21)22/h2-7,18H,1,8-13H2/t18-,22+/m1/s1. The SMILES string of the molecule is O=C(CCS(=O)(=O)C(F)(F)F)N1CCC[C@@]2(Cc3ccc(Cl)cc3)c3c(F)ccc(F)c3OC[C@@H]12. The molecule has 0 aromatic heterocycles. The molecule has 2 aromatic rings. The van der Waals surface area contributed by atoms with E-state index in [1.165, 1.54) is 4.90 Å². The lowest BCUT2D eigenvalue weighted by atomic mass is 9.63. The molecule has 5 nitrogen and oxygen atoms in total. The zero-order valence-electron chi connectivity index (χ0n) is 18.2. The third-order valence-electron chi connectivity index (χ3n) is 6.67. The molecule has 2 aliphatic rings. The van der Waals surface area contributed by atoms with Crippen molar-refractivity contribution in [2.24, 2.45) is 0 Å². The van der Waals surface area contributed by atoms with Gasteiger partial charge in [-0.15, -0.1) is 0 Å². The quantitative estimate of drug-likeness (QED) is 0.514. The molecule has 35 heavy (non-hydrogen) atoms. The van der Waals surface area contributed by atoms with Crippen molar-refractivity contribution in [2.45, 2.75) is 42.6 Å². The summed E-state index contributed by atoms with van der Waals surface area (Å²) in [7, 11) is -5.49. The molecule has 12 heteroatoms. The van der Waals surface area contributed by atoms with Gasteiger partial charge in [-0.05, 0) is 49.1 Å². The fourth-order valence-electron chi connectivity index (χ4n) is 5.07. The largest absolute Gasteiger partial charge is 0.497 e. The molecule has 2 aromatic carbocycles. The molecular weight excluding hydrogens is 517 g/mol. The van der Waals surface area contributed by atoms with Crippen molar-refractivity contribution >= 4 is 27.3 Å². The Morgan fingerprint density at radius 2 is 1.77 bits per heavy atom. The van der Waals surface area contributed by atoms with Crippen molar-refractivity contribution < 1.29 is 39.9 Å². The first-order chi connectivity index (χ1) is 16.4. The van der Waals surface area contributed by atoms with E-state index in [9.17, 15) is 30.8 Å². The van der Waals surface area contributed by atoms with Gasteiger partial charge in [0, 0.05) is 29.0 Å². The van der Waals surface area contributed by atoms with Crippen LogP contribution in [0.2, 0.25) is 5.02 Å². The van der Waals surface area contributed by atoms with Crippen molar-refractivity contribution in [1.29, 1.82) is 0 Å². The monoisotopic (exact) mass is 537 g/mol. The van der Waals surface area contributed by atoms with Crippen LogP contribution in [-0.2, 0) is 26.5 Å². The number of rotatable bonds is 5. The van der Waals surface area contributed by atoms with Gasteiger partial charge in [-0.25, -0.2) is 17.2 Å². The maximum Gasteiger partial charge on any atom is 0.497 e. The predicted molar refractivity (Wildman–Crippen MR) is 118 cm³/mol. The molecule has 0 radical (unpaired) electrons. The second-order valence-corrected chi connectivity index (χ2v) is 11.3. The van der Waals surface area contributed by atoms with Crippen LogP contribution in [-0.4, -0.2) is 49.7 Å². The molecule has 0 saturated carbocycles. The third-order valence-corrected chi connectivity index (χ3v) is 8.37. The Balaban J connectivity index is 1.73. The molecular formula is C23H21ClF5NO4S. The molecule has 0 aliphatic carbocycles. The van der Waals surface area contributed by atoms with E-state index in [0.29, 0.717) is 17.9 Å². The number of amides is 1. The number of carbonyl (C=O) groups is 1. The van der Waals surface area contributed by atoms with Crippen LogP contribution in [0.4, 0.5) is 22.0 Å². The number of hydrogen-bond acceptors (Lipinski definition) is 4. The van der Waals surface area contributed by atoms with E-state index in [0.717, 1.165) is 17.7 Å². The molecule has 1 saturated heterocycles. The van der Waals surface area contributed by atoms with Gasteiger partial charge in [0.2, 0.25) is 15.7 Å². The van der Waals surface area contributed by atoms with Crippen LogP contribution < -0.4 is 4.74 Å². The molecule has 0 bridgehead atoms. The molecule has 2 aliphatic heterocycles. The molecule has 4 rings (SSSR count). The highest BCUT2D eigenvalue weighted by Gasteiger charge is 2.53. The van der Waals surface area contributed by atoms with Crippen molar-refractivity contribution in [3.05, 3.63) is 64.2 Å². The predicted octanol–water partition coefficient (Wildman–Crippen LogP) is 4.81. The molecule has 1 amide bonds. The first-order valence-electron chi connectivity index (χ1n) is 10.8. The number of carbonyl (C=O) groups excluding carboxylic acids is 1. The summed E-state index contributed by atoms with van der Waals surface area (Å²) >= 11 is 5.97. The summed E-state index contributed by atoms with van der Waals surface area (Å²) in [5.74, 6) is -3.98. The van der Waals surface area contributed by atoms with Crippen LogP contribution in [0.3, 0.4) is 0 Å². The summed E-state index contributed by atoms with van der Waals surface area (Å²) in [6.07, 6.45) is -0.0248. The lowest BCUT2D eigenvalue weighted by molar-refractivity contribution is -0.139. The minimum absolute atomic E-state index is 0.0379. The average Bonchev–Trinajstić information content (AvgIpc) is 2.79. The highest BCUT2D eigenvalue weighted by atomic mass is 35.5. The number of piperidine rings is 1. The number of fused-ring (bicyclic) bond motifs is 3. The normalized spacial score (nSPS) is 22.2. The number of alkyl halides is 3. The van der Waals surface area contributed by atoms with Gasteiger partial charge < -0.3 is 9.64 Å². The summed E-state index contributed by atoms with van der Waals surface area (Å²) < 4.78 is 96.6. The van der Waals surface area contributed by atoms with Gasteiger partial charge in [-0.2, -0.15) is 13.2 Å². The number of halogens is 6. The van der Waals surface area contributed by atoms with Gasteiger partial charge in [-0.1, -0.05) is 23.7 Å². The van der Waals surface area contributed by atoms with Crippen LogP contribution in [0.1, 0.15) is 30.4 Å². The summed E-state index contributed by atoms with van der Waals surface area (Å²) in [4.78, 5) is 14.2. The van der Waals surface area contributed by atoms with Crippen LogP contribution in [0.5, 0.6) is 5.75 Å². The number of sulfone groups is 1. The zero-order valence-corrected chi connectivity index (χ0v) is 19.8. The first-order valence-corrected chi connectivity index (χ1v) is 12.8. The third kappa shape index (κ3) is 4.72. The van der Waals surface area contributed by atoms with E-state index in [1.807, 2.05) is 0 Å². The van der Waals surface area contributed by atoms with E-state index < -0.39 is 56.5 Å². The van der Waals surface area contributed by atoms with E-state index in [1.54, 1.807) is 24.3 Å². The van der Waals surface area contributed by atoms with Gasteiger partial charge in [0.05, 0.1) is 11.8 Å². The Hall–Kier alpha value is -2.40. The Bertz CT molecular complexity index is 1240. The number of nitrogens with zero attached hydrogens (tertiary/aromatic N) is 1. The topological polar surface area (TPSA) is 63.7 Å². The van der Waals surface area contributed by atoms with Crippen molar-refractivity contribution in [1.82, 2.24) is 4.90 Å². The van der Waals surface area contributed by atoms with E-state index >= 15 is 4.39 Å². The summed E-state index contributed by atoms with van der Waals surface area (Å²) in [6, 6.07) is 7.78. The van der Waals surface area contributed by atoms with Crippen molar-refractivity contribution in [3.63, 3.8) is 0 Å². The Kier molecular flexibility index (Phi) is 6.78. The molecule has 0 unspecified atom stereocenters. The molecule has 0 spiro atoms. The Morgan fingerprint density at radius 1 is 1.11 bits per heavy atom. The highest BCUT2D eigenvalue weighted by molar-refractivity contribution is 7.92. The van der Waals surface area contributed by atoms with Crippen molar-refractivity contribution in [3.8, 4) is 5.75 Å². The van der Waals surface area contributed by atoms with Gasteiger partial charge >= 0.3 is 5.51 Å². The lowest BCUT2D eigenvalue weighted by Gasteiger charge is -2.53. The summed E-state index contributed by atoms with van der Waals surface area (Å²) in [5, 5.41) is 0.471. The summed E-state index contributed by atoms with van der Waals surface area (Å²) in [6.45, 7) is -0.105. The number of benzene rings is 2. The number of ether oxygens (including phenoxy) is 1. The average molecular weight is 538 g/mol. The van der Waals surface area contributed by atoms with Gasteiger partial charge in [0.1, 0.15) is 12.4 Å². The van der Waals surface area contributed by atoms with Crippen LogP contribution >= 0.6 is 11.6 Å². The van der Waals surface area contributed by atoms with E-state index in [-0.39, 0.29) is 30.9 Å². The zero-order chi connectivity index (χ0) is 25.6. The molecule has 0 N–H and O–H groups in total. The maximum atomic E-state index is 15.2. The summed E-state index contributed by atoms with van der Waals surface area (Å²) in [5.41, 5.74) is -5.93. The van der Waals surface area contributed by atoms with Gasteiger partial charge in [0.15, 0.2) is 11.6 Å². The minimum atomic E-state index is -5.49. The van der Waals surface area contributed by atoms with Crippen LogP contribution in [0.25, 0.3) is 0 Å². The molecule has 2 atom stereocenters. The molecule has 2 heterocycles. The maximum absolute atomic E-state index is 15.2. The van der Waals surface area contributed by atoms with E-state index in [4.69, 9.17) is 16.3 Å². The van der Waals surface area contributed by atoms with Gasteiger partial charge in [-0.3, -0.25) is 4.79 Å². The number of hydrogen-bond donors (Lipinski definition) is 0. The van der Waals surface area contributed by atoms with Crippen LogP contribution in [0, 0.1) is 11.6 Å². The van der Waals surface area contributed by atoms with Crippen molar-refractivity contribution in [2.75, 3.05) is 18.9 Å². The molecule has 1 fully saturated rings. The second kappa shape index (κ2) is 9.24. The van der Waals surface area contributed by atoms with Crippen LogP contribution in [0.15, 0.2) is 36.4 Å². The Labute approximate surface area is 203 Å². The lowest BCUT2D eigenvalue weighted by Crippen LogP contribution is -2.62. The fourth-order valence-corrected chi connectivity index (χ4v) is 5.87. The van der Waals surface area contributed by atoms with Gasteiger partial charge in [0.25, 0.3) is 0 Å². The minimum Gasteiger partial charge on any atom is -0.488 e. The smallest absolute Gasteiger partial charge is 0.488 e. The number of likely N-dealkylation sites (tertiary alicyclic amines) is 1. The highest BCUT2D eigenvalue weighted by Crippen LogP contribution is 2.50. The fraction of sp³-hybridized carbons (Fsp3) is 0.435. The molecule has 190 valence electrons. The first kappa shape index (κ1) is 25.7. The second-order valence-electron chi connectivity index (χ2n) is 8.72. The van der Waals surface area contributed by atoms with E-state index in [2.05, 4.69) is 0 Å².